The van der Waals surface area contributed by atoms with Crippen molar-refractivity contribution in [3.63, 3.8) is 0 Å². The highest BCUT2D eigenvalue weighted by Gasteiger charge is 2.61. The predicted octanol–water partition coefficient (Wildman–Crippen LogP) is 7.13. The molecule has 1 aromatic heterocycles. The molecule has 0 bridgehead atoms. The van der Waals surface area contributed by atoms with Crippen molar-refractivity contribution in [2.24, 2.45) is 22.4 Å². The van der Waals surface area contributed by atoms with E-state index in [0.717, 1.165) is 15.6 Å². The van der Waals surface area contributed by atoms with Crippen LogP contribution in [0.2, 0.25) is 5.02 Å². The van der Waals surface area contributed by atoms with Crippen LogP contribution in [0.1, 0.15) is 34.6 Å². The summed E-state index contributed by atoms with van der Waals surface area (Å²) in [5.74, 6) is -0.635. The van der Waals surface area contributed by atoms with Gasteiger partial charge in [0.2, 0.25) is 0 Å². The normalized spacial score (nSPS) is 18.2. The number of thiophene rings is 1. The van der Waals surface area contributed by atoms with E-state index in [-0.39, 0.29) is 27.5 Å². The summed E-state index contributed by atoms with van der Waals surface area (Å²) < 4.78 is 12.1. The van der Waals surface area contributed by atoms with Crippen molar-refractivity contribution >= 4 is 74.3 Å². The van der Waals surface area contributed by atoms with Gasteiger partial charge in [-0.05, 0) is 59.7 Å². The number of fused-ring (bicyclic) bond motifs is 1. The number of hydrazone groups is 1. The molecule has 1 amide bonds. The Bertz CT molecular complexity index is 1410. The maximum absolute atomic E-state index is 12.8. The van der Waals surface area contributed by atoms with Crippen molar-refractivity contribution < 1.29 is 19.1 Å². The van der Waals surface area contributed by atoms with Crippen molar-refractivity contribution in [3.05, 3.63) is 68.0 Å². The van der Waals surface area contributed by atoms with Crippen molar-refractivity contribution in [3.8, 4) is 11.5 Å². The number of amides is 1. The lowest BCUT2D eigenvalue weighted by Crippen LogP contribution is -2.16. The van der Waals surface area contributed by atoms with Gasteiger partial charge in [0.25, 0.3) is 5.91 Å². The number of hydrogen-bond acceptors (Lipinski definition) is 6. The van der Waals surface area contributed by atoms with Gasteiger partial charge < -0.3 is 9.47 Å². The standard InChI is InChI=1S/C26H23Cl3N2O4S/c1-13-5-7-15-19(9-13)36-23(22(15)29)24(32)31-30-12-14-6-8-17(18(10-14)34-4)35-25(33)21-16(11-20(27)28)26(21,2)3/h5-12,16,21H,1-4H3,(H,31,32)/b30-12-/t16-,21+/m1/s1. The lowest BCUT2D eigenvalue weighted by Gasteiger charge is -2.10. The van der Waals surface area contributed by atoms with Gasteiger partial charge in [0.1, 0.15) is 9.37 Å². The first-order valence-corrected chi connectivity index (χ1v) is 12.9. The third kappa shape index (κ3) is 5.39. The number of allylic oxidation sites excluding steroid dienone is 1. The zero-order chi connectivity index (χ0) is 26.2. The highest BCUT2D eigenvalue weighted by molar-refractivity contribution is 7.21. The SMILES string of the molecule is COc1cc(/C=N\NC(=O)c2sc3cc(C)ccc3c2Cl)ccc1OC(=O)[C@@H]1[C@@H](C=C(Cl)Cl)C1(C)C. The molecule has 1 saturated carbocycles. The number of aryl methyl sites for hydroxylation is 1. The molecule has 36 heavy (non-hydrogen) atoms. The second-order valence-corrected chi connectivity index (χ2v) is 11.5. The van der Waals surface area contributed by atoms with Crippen LogP contribution in [0.15, 0.2) is 52.1 Å². The summed E-state index contributed by atoms with van der Waals surface area (Å²) in [5, 5.41) is 5.27. The summed E-state index contributed by atoms with van der Waals surface area (Å²) in [6, 6.07) is 10.8. The Morgan fingerprint density at radius 2 is 1.89 bits per heavy atom. The summed E-state index contributed by atoms with van der Waals surface area (Å²) in [6.07, 6.45) is 3.12. The molecule has 0 unspecified atom stereocenters. The van der Waals surface area contributed by atoms with Gasteiger partial charge in [-0.2, -0.15) is 5.10 Å². The van der Waals surface area contributed by atoms with Gasteiger partial charge >= 0.3 is 5.97 Å². The highest BCUT2D eigenvalue weighted by atomic mass is 35.5. The van der Waals surface area contributed by atoms with E-state index in [1.807, 2.05) is 39.0 Å². The van der Waals surface area contributed by atoms with Crippen LogP contribution in [0.4, 0.5) is 0 Å². The summed E-state index contributed by atoms with van der Waals surface area (Å²) in [4.78, 5) is 25.8. The maximum Gasteiger partial charge on any atom is 0.315 e. The topological polar surface area (TPSA) is 77.0 Å². The molecule has 0 radical (unpaired) electrons. The fourth-order valence-corrected chi connectivity index (χ4v) is 5.91. The van der Waals surface area contributed by atoms with E-state index >= 15 is 0 Å². The molecule has 2 aromatic carbocycles. The van der Waals surface area contributed by atoms with Crippen molar-refractivity contribution in [1.82, 2.24) is 5.43 Å². The Kier molecular flexibility index (Phi) is 7.67. The number of carbonyl (C=O) groups excluding carboxylic acids is 2. The van der Waals surface area contributed by atoms with Crippen LogP contribution in [0, 0.1) is 24.2 Å². The summed E-state index contributed by atoms with van der Waals surface area (Å²) in [7, 11) is 1.47. The molecule has 1 aliphatic carbocycles. The third-order valence-corrected chi connectivity index (χ3v) is 8.15. The molecule has 2 atom stereocenters. The Labute approximate surface area is 227 Å². The van der Waals surface area contributed by atoms with E-state index in [9.17, 15) is 9.59 Å². The molecule has 0 spiro atoms. The van der Waals surface area contributed by atoms with Crippen LogP contribution in [0.25, 0.3) is 10.1 Å². The van der Waals surface area contributed by atoms with E-state index in [1.165, 1.54) is 24.7 Å². The molecule has 1 aliphatic rings. The Morgan fingerprint density at radius 1 is 1.14 bits per heavy atom. The molecular weight excluding hydrogens is 543 g/mol. The molecule has 10 heteroatoms. The highest BCUT2D eigenvalue weighted by Crippen LogP contribution is 2.60. The second kappa shape index (κ2) is 10.4. The number of esters is 1. The third-order valence-electron chi connectivity index (χ3n) is 6.24. The first-order chi connectivity index (χ1) is 17.0. The van der Waals surface area contributed by atoms with Gasteiger partial charge in [0.05, 0.1) is 24.3 Å². The van der Waals surface area contributed by atoms with Gasteiger partial charge in [-0.1, -0.05) is 60.8 Å². The van der Waals surface area contributed by atoms with E-state index in [4.69, 9.17) is 44.3 Å². The molecule has 0 aliphatic heterocycles. The zero-order valence-corrected chi connectivity index (χ0v) is 23.0. The van der Waals surface area contributed by atoms with Crippen LogP contribution in [0.3, 0.4) is 0 Å². The number of methoxy groups -OCH3 is 1. The fraction of sp³-hybridized carbons (Fsp3) is 0.269. The second-order valence-electron chi connectivity index (χ2n) is 9.06. The monoisotopic (exact) mass is 564 g/mol. The molecular formula is C26H23Cl3N2O4S. The number of nitrogens with zero attached hydrogens (tertiary/aromatic N) is 1. The van der Waals surface area contributed by atoms with Crippen LogP contribution >= 0.6 is 46.1 Å². The van der Waals surface area contributed by atoms with Crippen LogP contribution in [0.5, 0.6) is 11.5 Å². The number of ether oxygens (including phenoxy) is 2. The van der Waals surface area contributed by atoms with Gasteiger partial charge in [-0.3, -0.25) is 9.59 Å². The lowest BCUT2D eigenvalue weighted by atomic mass is 10.1. The Morgan fingerprint density at radius 3 is 2.58 bits per heavy atom. The summed E-state index contributed by atoms with van der Waals surface area (Å²) >= 11 is 19.3. The largest absolute Gasteiger partial charge is 0.493 e. The number of rotatable bonds is 7. The molecule has 0 saturated heterocycles. The number of benzene rings is 2. The van der Waals surface area contributed by atoms with Gasteiger partial charge in [-0.25, -0.2) is 5.43 Å². The van der Waals surface area contributed by atoms with E-state index in [2.05, 4.69) is 10.5 Å². The summed E-state index contributed by atoms with van der Waals surface area (Å²) in [6.45, 7) is 5.89. The molecule has 6 nitrogen and oxygen atoms in total. The minimum atomic E-state index is -0.402. The zero-order valence-electron chi connectivity index (χ0n) is 19.9. The smallest absolute Gasteiger partial charge is 0.315 e. The molecule has 1 fully saturated rings. The van der Waals surface area contributed by atoms with E-state index in [0.29, 0.717) is 21.2 Å². The van der Waals surface area contributed by atoms with E-state index < -0.39 is 11.9 Å². The minimum absolute atomic E-state index is 0.102. The first-order valence-electron chi connectivity index (χ1n) is 11.0. The molecule has 3 aromatic rings. The first kappa shape index (κ1) is 26.5. The number of carbonyl (C=O) groups is 2. The minimum Gasteiger partial charge on any atom is -0.493 e. The average molecular weight is 566 g/mol. The average Bonchev–Trinajstić information content (AvgIpc) is 3.18. The molecule has 1 heterocycles. The number of halogens is 3. The maximum atomic E-state index is 12.8. The molecule has 4 rings (SSSR count). The van der Waals surface area contributed by atoms with Crippen LogP contribution in [-0.4, -0.2) is 25.2 Å². The van der Waals surface area contributed by atoms with Crippen LogP contribution in [-0.2, 0) is 4.79 Å². The number of nitrogens with one attached hydrogen (secondary N) is 1. The van der Waals surface area contributed by atoms with Crippen molar-refractivity contribution in [2.75, 3.05) is 7.11 Å². The van der Waals surface area contributed by atoms with Crippen LogP contribution < -0.4 is 14.9 Å². The van der Waals surface area contributed by atoms with Crippen molar-refractivity contribution in [1.29, 1.82) is 0 Å². The number of hydrogen-bond donors (Lipinski definition) is 1. The quantitative estimate of drug-likeness (QED) is 0.143. The Balaban J connectivity index is 1.43. The predicted molar refractivity (Wildman–Crippen MR) is 146 cm³/mol. The van der Waals surface area contributed by atoms with Gasteiger partial charge in [-0.15, -0.1) is 11.3 Å². The van der Waals surface area contributed by atoms with Gasteiger partial charge in [0, 0.05) is 10.1 Å². The summed E-state index contributed by atoms with van der Waals surface area (Å²) in [5.41, 5.74) is 3.92. The van der Waals surface area contributed by atoms with Crippen molar-refractivity contribution in [2.45, 2.75) is 20.8 Å². The lowest BCUT2D eigenvalue weighted by molar-refractivity contribution is -0.136. The van der Waals surface area contributed by atoms with Gasteiger partial charge in [0.15, 0.2) is 11.5 Å². The Hall–Kier alpha value is -2.58. The molecule has 1 N–H and O–H groups in total. The fourth-order valence-electron chi connectivity index (χ4n) is 4.13. The van der Waals surface area contributed by atoms with E-state index in [1.54, 1.807) is 24.3 Å². The molecule has 188 valence electrons.